The van der Waals surface area contributed by atoms with Gasteiger partial charge in [-0.25, -0.2) is 0 Å². The maximum Gasteiger partial charge on any atom is 0.269 e. The SMILES string of the molecule is Cc1cccc(-c2noc(C3CCCN(C(=O)C=Cc4ccc([N+](=O)[O-])cc4)C3)n2)c1. The molecule has 158 valence electrons. The summed E-state index contributed by atoms with van der Waals surface area (Å²) in [5.74, 6) is 0.992. The number of nitro groups is 1. The molecule has 1 aliphatic rings. The molecule has 31 heavy (non-hydrogen) atoms. The molecule has 8 heteroatoms. The largest absolute Gasteiger partial charge is 0.339 e. The van der Waals surface area contributed by atoms with Gasteiger partial charge in [-0.3, -0.25) is 14.9 Å². The average molecular weight is 418 g/mol. The normalized spacial score (nSPS) is 16.5. The summed E-state index contributed by atoms with van der Waals surface area (Å²) in [6, 6.07) is 14.0. The van der Waals surface area contributed by atoms with E-state index in [9.17, 15) is 14.9 Å². The van der Waals surface area contributed by atoms with Crippen LogP contribution in [0.15, 0.2) is 59.1 Å². The fraction of sp³-hybridized carbons (Fsp3) is 0.261. The Morgan fingerprint density at radius 2 is 2.06 bits per heavy atom. The summed E-state index contributed by atoms with van der Waals surface area (Å²) in [5.41, 5.74) is 2.78. The first-order chi connectivity index (χ1) is 15.0. The van der Waals surface area contributed by atoms with Gasteiger partial charge in [0.15, 0.2) is 0 Å². The Hall–Kier alpha value is -3.81. The van der Waals surface area contributed by atoms with E-state index < -0.39 is 4.92 Å². The Bertz CT molecular complexity index is 1120. The minimum atomic E-state index is -0.450. The van der Waals surface area contributed by atoms with E-state index in [2.05, 4.69) is 10.1 Å². The Morgan fingerprint density at radius 1 is 1.26 bits per heavy atom. The van der Waals surface area contributed by atoms with Crippen LogP contribution in [0.5, 0.6) is 0 Å². The van der Waals surface area contributed by atoms with E-state index in [1.165, 1.54) is 18.2 Å². The molecule has 0 bridgehead atoms. The summed E-state index contributed by atoms with van der Waals surface area (Å²) in [5, 5.41) is 14.9. The number of benzene rings is 2. The summed E-state index contributed by atoms with van der Waals surface area (Å²) >= 11 is 0. The number of hydrogen-bond acceptors (Lipinski definition) is 6. The zero-order valence-corrected chi connectivity index (χ0v) is 17.1. The van der Waals surface area contributed by atoms with Gasteiger partial charge in [0.1, 0.15) is 0 Å². The third-order valence-electron chi connectivity index (χ3n) is 5.32. The Balaban J connectivity index is 1.41. The summed E-state index contributed by atoms with van der Waals surface area (Å²) in [7, 11) is 0. The van der Waals surface area contributed by atoms with Crippen LogP contribution in [-0.4, -0.2) is 39.0 Å². The number of nitro benzene ring substituents is 1. The highest BCUT2D eigenvalue weighted by Crippen LogP contribution is 2.28. The second kappa shape index (κ2) is 8.91. The smallest absolute Gasteiger partial charge is 0.269 e. The molecular formula is C23H22N4O4. The second-order valence-electron chi connectivity index (χ2n) is 7.63. The third-order valence-corrected chi connectivity index (χ3v) is 5.32. The predicted octanol–water partition coefficient (Wildman–Crippen LogP) is 4.37. The molecule has 1 atom stereocenters. The number of hydrogen-bond donors (Lipinski definition) is 0. The van der Waals surface area contributed by atoms with Crippen LogP contribution in [0.1, 0.15) is 35.8 Å². The highest BCUT2D eigenvalue weighted by Gasteiger charge is 2.28. The van der Waals surface area contributed by atoms with E-state index in [0.717, 1.165) is 29.5 Å². The van der Waals surface area contributed by atoms with Crippen LogP contribution < -0.4 is 0 Å². The van der Waals surface area contributed by atoms with Gasteiger partial charge in [0.05, 0.1) is 10.8 Å². The van der Waals surface area contributed by atoms with E-state index in [4.69, 9.17) is 4.52 Å². The molecular weight excluding hydrogens is 396 g/mol. The van der Waals surface area contributed by atoms with Gasteiger partial charge >= 0.3 is 0 Å². The minimum absolute atomic E-state index is 0.00321. The van der Waals surface area contributed by atoms with Gasteiger partial charge in [-0.1, -0.05) is 28.9 Å². The van der Waals surface area contributed by atoms with Crippen molar-refractivity contribution in [2.75, 3.05) is 13.1 Å². The molecule has 1 fully saturated rings. The highest BCUT2D eigenvalue weighted by molar-refractivity contribution is 5.91. The standard InChI is InChI=1S/C23H22N4O4/c1-16-4-2-5-18(14-16)22-24-23(31-25-22)19-6-3-13-26(15-19)21(28)12-9-17-7-10-20(11-8-17)27(29)30/h2,4-5,7-12,14,19H,3,6,13,15H2,1H3. The molecule has 2 aromatic carbocycles. The Morgan fingerprint density at radius 3 is 2.81 bits per heavy atom. The molecule has 1 aliphatic heterocycles. The molecule has 0 saturated carbocycles. The van der Waals surface area contributed by atoms with Crippen molar-refractivity contribution in [1.82, 2.24) is 15.0 Å². The fourth-order valence-electron chi connectivity index (χ4n) is 3.66. The lowest BCUT2D eigenvalue weighted by Gasteiger charge is -2.30. The van der Waals surface area contributed by atoms with Crippen molar-refractivity contribution in [3.8, 4) is 11.4 Å². The number of piperidine rings is 1. The number of carbonyl (C=O) groups excluding carboxylic acids is 1. The Kier molecular flexibility index (Phi) is 5.88. The van der Waals surface area contributed by atoms with Crippen LogP contribution in [0.25, 0.3) is 17.5 Å². The van der Waals surface area contributed by atoms with E-state index in [0.29, 0.717) is 24.8 Å². The number of likely N-dealkylation sites (tertiary alicyclic amines) is 1. The van der Waals surface area contributed by atoms with Crippen molar-refractivity contribution in [3.05, 3.63) is 81.7 Å². The van der Waals surface area contributed by atoms with Crippen molar-refractivity contribution in [2.45, 2.75) is 25.7 Å². The molecule has 1 saturated heterocycles. The monoisotopic (exact) mass is 418 g/mol. The molecule has 1 unspecified atom stereocenters. The van der Waals surface area contributed by atoms with Crippen LogP contribution in [0, 0.1) is 17.0 Å². The first-order valence-corrected chi connectivity index (χ1v) is 10.1. The van der Waals surface area contributed by atoms with Crippen molar-refractivity contribution in [1.29, 1.82) is 0 Å². The van der Waals surface area contributed by atoms with Crippen molar-refractivity contribution >= 4 is 17.7 Å². The molecule has 0 N–H and O–H groups in total. The van der Waals surface area contributed by atoms with Gasteiger partial charge in [0, 0.05) is 36.9 Å². The second-order valence-corrected chi connectivity index (χ2v) is 7.63. The molecule has 8 nitrogen and oxygen atoms in total. The topological polar surface area (TPSA) is 102 Å². The first-order valence-electron chi connectivity index (χ1n) is 10.1. The number of nitrogens with zero attached hydrogens (tertiary/aromatic N) is 4. The van der Waals surface area contributed by atoms with Crippen LogP contribution in [0.4, 0.5) is 5.69 Å². The number of carbonyl (C=O) groups is 1. The van der Waals surface area contributed by atoms with Gasteiger partial charge in [-0.2, -0.15) is 4.98 Å². The maximum atomic E-state index is 12.7. The number of rotatable bonds is 5. The quantitative estimate of drug-likeness (QED) is 0.346. The van der Waals surface area contributed by atoms with Crippen molar-refractivity contribution < 1.29 is 14.2 Å². The summed E-state index contributed by atoms with van der Waals surface area (Å²) in [6.07, 6.45) is 4.89. The van der Waals surface area contributed by atoms with Crippen LogP contribution in [0.3, 0.4) is 0 Å². The van der Waals surface area contributed by atoms with Crippen LogP contribution in [0.2, 0.25) is 0 Å². The number of non-ortho nitro benzene ring substituents is 1. The van der Waals surface area contributed by atoms with E-state index >= 15 is 0 Å². The maximum absolute atomic E-state index is 12.7. The zero-order chi connectivity index (χ0) is 21.8. The van der Waals surface area contributed by atoms with Crippen molar-refractivity contribution in [3.63, 3.8) is 0 Å². The number of aryl methyl sites for hydroxylation is 1. The molecule has 3 aromatic rings. The zero-order valence-electron chi connectivity index (χ0n) is 17.1. The van der Waals surface area contributed by atoms with Crippen LogP contribution in [-0.2, 0) is 4.79 Å². The summed E-state index contributed by atoms with van der Waals surface area (Å²) < 4.78 is 5.51. The van der Waals surface area contributed by atoms with Gasteiger partial charge in [-0.15, -0.1) is 0 Å². The predicted molar refractivity (Wildman–Crippen MR) is 115 cm³/mol. The average Bonchev–Trinajstić information content (AvgIpc) is 3.28. The van der Waals surface area contributed by atoms with E-state index in [1.54, 1.807) is 23.1 Å². The van der Waals surface area contributed by atoms with Gasteiger partial charge in [0.25, 0.3) is 5.69 Å². The van der Waals surface area contributed by atoms with Crippen molar-refractivity contribution in [2.24, 2.45) is 0 Å². The molecule has 2 heterocycles. The molecule has 0 radical (unpaired) electrons. The van der Waals surface area contributed by atoms with E-state index in [1.807, 2.05) is 31.2 Å². The van der Waals surface area contributed by atoms with Crippen LogP contribution >= 0.6 is 0 Å². The summed E-state index contributed by atoms with van der Waals surface area (Å²) in [4.78, 5) is 29.3. The molecule has 0 spiro atoms. The molecule has 1 amide bonds. The third kappa shape index (κ3) is 4.85. The van der Waals surface area contributed by atoms with Gasteiger partial charge in [0.2, 0.25) is 17.6 Å². The number of aromatic nitrogens is 2. The number of amides is 1. The molecule has 0 aliphatic carbocycles. The summed E-state index contributed by atoms with van der Waals surface area (Å²) in [6.45, 7) is 3.19. The Labute approximate surface area is 179 Å². The lowest BCUT2D eigenvalue weighted by Crippen LogP contribution is -2.38. The lowest BCUT2D eigenvalue weighted by molar-refractivity contribution is -0.384. The molecule has 4 rings (SSSR count). The minimum Gasteiger partial charge on any atom is -0.339 e. The highest BCUT2D eigenvalue weighted by atomic mass is 16.6. The molecule has 1 aromatic heterocycles. The van der Waals surface area contributed by atoms with E-state index in [-0.39, 0.29) is 17.5 Å². The lowest BCUT2D eigenvalue weighted by atomic mass is 9.98. The fourth-order valence-corrected chi connectivity index (χ4v) is 3.66. The van der Waals surface area contributed by atoms with Gasteiger partial charge in [-0.05, 0) is 49.6 Å². The van der Waals surface area contributed by atoms with Gasteiger partial charge < -0.3 is 9.42 Å². The first kappa shape index (κ1) is 20.5.